The van der Waals surface area contributed by atoms with Gasteiger partial charge in [0.15, 0.2) is 0 Å². The molecule has 2 aromatic heterocycles. The number of hydrogen-bond acceptors (Lipinski definition) is 5. The number of rotatable bonds is 5. The number of anilines is 2. The van der Waals surface area contributed by atoms with Crippen LogP contribution in [0.15, 0.2) is 48.8 Å². The molecule has 156 valence electrons. The normalized spacial score (nSPS) is 14.2. The summed E-state index contributed by atoms with van der Waals surface area (Å²) in [4.78, 5) is 29.0. The van der Waals surface area contributed by atoms with Gasteiger partial charge in [-0.1, -0.05) is 0 Å². The quantitative estimate of drug-likeness (QED) is 0.251. The molecule has 0 unspecified atom stereocenters. The molecule has 0 atom stereocenters. The Labute approximate surface area is 177 Å². The number of nitrogens with one attached hydrogen (secondary N) is 2. The number of carbonyl (C=O) groups is 2. The van der Waals surface area contributed by atoms with Gasteiger partial charge in [0, 0.05) is 63.2 Å². The van der Waals surface area contributed by atoms with Crippen molar-refractivity contribution in [3.05, 3.63) is 59.9 Å². The zero-order chi connectivity index (χ0) is 21.7. The molecule has 0 radical (unpaired) electrons. The van der Waals surface area contributed by atoms with Crippen LogP contribution < -0.4 is 22.5 Å². The van der Waals surface area contributed by atoms with Crippen molar-refractivity contribution in [3.63, 3.8) is 0 Å². The summed E-state index contributed by atoms with van der Waals surface area (Å²) in [7, 11) is 0. The number of nitrogen functional groups attached to an aromatic ring is 2. The van der Waals surface area contributed by atoms with E-state index in [0.29, 0.717) is 46.7 Å². The Kier molecular flexibility index (Phi) is 4.30. The monoisotopic (exact) mass is 414 g/mol. The Hall–Kier alpha value is -4.04. The number of benzene rings is 2. The Morgan fingerprint density at radius 3 is 2.29 bits per heavy atom. The Balaban J connectivity index is 1.81. The summed E-state index contributed by atoms with van der Waals surface area (Å²) in [5.41, 5.74) is 22.6. The minimum atomic E-state index is -0.435. The summed E-state index contributed by atoms with van der Waals surface area (Å²) in [6.07, 6.45) is 4.42. The van der Waals surface area contributed by atoms with Gasteiger partial charge in [-0.25, -0.2) is 0 Å². The number of aromatic nitrogens is 2. The maximum absolute atomic E-state index is 13.0. The summed E-state index contributed by atoms with van der Waals surface area (Å²) in [5.74, 6) is -0.867. The van der Waals surface area contributed by atoms with Crippen molar-refractivity contribution in [3.8, 4) is 0 Å². The van der Waals surface area contributed by atoms with Gasteiger partial charge in [-0.3, -0.25) is 14.9 Å². The molecule has 8 N–H and O–H groups in total. The minimum Gasteiger partial charge on any atom is -0.399 e. The number of nitrogens with zero attached hydrogens (tertiary/aromatic N) is 1. The van der Waals surface area contributed by atoms with Crippen LogP contribution in [-0.4, -0.2) is 27.9 Å². The van der Waals surface area contributed by atoms with Crippen molar-refractivity contribution in [1.82, 2.24) is 14.9 Å². The average molecular weight is 414 g/mol. The molecule has 1 aliphatic rings. The summed E-state index contributed by atoms with van der Waals surface area (Å²) >= 11 is 0. The summed E-state index contributed by atoms with van der Waals surface area (Å²) in [5, 5.41) is 4.05. The van der Waals surface area contributed by atoms with Crippen molar-refractivity contribution in [2.45, 2.75) is 13.0 Å². The summed E-state index contributed by atoms with van der Waals surface area (Å²) in [6, 6.07) is 11.0. The van der Waals surface area contributed by atoms with Gasteiger partial charge < -0.3 is 26.8 Å². The molecule has 0 saturated carbocycles. The molecule has 4 aromatic rings. The first-order chi connectivity index (χ1) is 15.0. The molecule has 8 nitrogen and oxygen atoms in total. The Morgan fingerprint density at radius 1 is 0.871 bits per heavy atom. The van der Waals surface area contributed by atoms with E-state index in [4.69, 9.17) is 17.2 Å². The number of nitrogens with two attached hydrogens (primary N) is 3. The standard InChI is InChI=1S/C23H22N6O2/c24-6-1-7-29-11-17(15-9-13(26)3-5-19(15)29)21-20(22(30)28-23(21)31)16-10-27-18-4-2-12(25)8-14(16)18/h2-5,8-11,27H,1,6-7,24-26H2,(H,28,30,31). The van der Waals surface area contributed by atoms with E-state index in [2.05, 4.69) is 10.3 Å². The highest BCUT2D eigenvalue weighted by molar-refractivity contribution is 6.50. The van der Waals surface area contributed by atoms with Crippen LogP contribution in [0.4, 0.5) is 11.4 Å². The molecule has 0 fully saturated rings. The highest BCUT2D eigenvalue weighted by atomic mass is 16.2. The number of aromatic amines is 1. The SMILES string of the molecule is NCCCn1cc(C2=C(c3c[nH]c4ccc(N)cc34)C(=O)NC2=O)c2cc(N)ccc21. The number of carbonyl (C=O) groups excluding carboxylic acids is 2. The van der Waals surface area contributed by atoms with Gasteiger partial charge >= 0.3 is 0 Å². The van der Waals surface area contributed by atoms with Gasteiger partial charge in [0.1, 0.15) is 0 Å². The molecule has 5 rings (SSSR count). The van der Waals surface area contributed by atoms with Crippen LogP contribution in [0.5, 0.6) is 0 Å². The molecule has 0 saturated heterocycles. The second kappa shape index (κ2) is 7.03. The molecule has 2 amide bonds. The highest BCUT2D eigenvalue weighted by Crippen LogP contribution is 2.39. The Morgan fingerprint density at radius 2 is 1.55 bits per heavy atom. The molecule has 8 heteroatoms. The van der Waals surface area contributed by atoms with Crippen LogP contribution in [0.25, 0.3) is 33.0 Å². The largest absolute Gasteiger partial charge is 0.399 e. The van der Waals surface area contributed by atoms with E-state index in [1.807, 2.05) is 35.0 Å². The lowest BCUT2D eigenvalue weighted by atomic mass is 9.95. The first kappa shape index (κ1) is 19.0. The van der Waals surface area contributed by atoms with Crippen molar-refractivity contribution in [1.29, 1.82) is 0 Å². The molecular formula is C23H22N6O2. The second-order valence-corrected chi connectivity index (χ2v) is 7.70. The fourth-order valence-corrected chi connectivity index (χ4v) is 4.27. The van der Waals surface area contributed by atoms with E-state index >= 15 is 0 Å². The van der Waals surface area contributed by atoms with Gasteiger partial charge in [-0.2, -0.15) is 0 Å². The van der Waals surface area contributed by atoms with Gasteiger partial charge in [-0.05, 0) is 49.4 Å². The van der Waals surface area contributed by atoms with E-state index < -0.39 is 11.8 Å². The van der Waals surface area contributed by atoms with Crippen LogP contribution in [0.3, 0.4) is 0 Å². The van der Waals surface area contributed by atoms with E-state index in [-0.39, 0.29) is 0 Å². The summed E-state index contributed by atoms with van der Waals surface area (Å²) < 4.78 is 2.05. The van der Waals surface area contributed by atoms with Crippen LogP contribution in [-0.2, 0) is 16.1 Å². The number of fused-ring (bicyclic) bond motifs is 2. The second-order valence-electron chi connectivity index (χ2n) is 7.70. The maximum atomic E-state index is 13.0. The van der Waals surface area contributed by atoms with Crippen LogP contribution in [0, 0.1) is 0 Å². The number of hydrogen-bond donors (Lipinski definition) is 5. The highest BCUT2D eigenvalue weighted by Gasteiger charge is 2.35. The van der Waals surface area contributed by atoms with Gasteiger partial charge in [-0.15, -0.1) is 0 Å². The fraction of sp³-hybridized carbons (Fsp3) is 0.130. The van der Waals surface area contributed by atoms with Gasteiger partial charge in [0.05, 0.1) is 11.1 Å². The van der Waals surface area contributed by atoms with Gasteiger partial charge in [0.2, 0.25) is 0 Å². The smallest absolute Gasteiger partial charge is 0.259 e. The van der Waals surface area contributed by atoms with Gasteiger partial charge in [0.25, 0.3) is 11.8 Å². The third kappa shape index (κ3) is 2.96. The molecular weight excluding hydrogens is 392 g/mol. The first-order valence-electron chi connectivity index (χ1n) is 10.0. The molecule has 0 spiro atoms. The van der Waals surface area contributed by atoms with E-state index in [9.17, 15) is 9.59 Å². The van der Waals surface area contributed by atoms with Crippen molar-refractivity contribution in [2.24, 2.45) is 5.73 Å². The van der Waals surface area contributed by atoms with Crippen LogP contribution >= 0.6 is 0 Å². The first-order valence-corrected chi connectivity index (χ1v) is 10.0. The Bertz CT molecular complexity index is 1410. The molecule has 3 heterocycles. The predicted octanol–water partition coefficient (Wildman–Crippen LogP) is 2.20. The average Bonchev–Trinajstić information content (AvgIpc) is 3.38. The van der Waals surface area contributed by atoms with Crippen LogP contribution in [0.2, 0.25) is 0 Å². The third-order valence-corrected chi connectivity index (χ3v) is 5.68. The lowest BCUT2D eigenvalue weighted by molar-refractivity contribution is -0.122. The molecule has 2 aromatic carbocycles. The zero-order valence-corrected chi connectivity index (χ0v) is 16.7. The summed E-state index contributed by atoms with van der Waals surface area (Å²) in [6.45, 7) is 1.24. The number of imide groups is 1. The van der Waals surface area contributed by atoms with Crippen molar-refractivity contribution >= 4 is 56.1 Å². The lowest BCUT2D eigenvalue weighted by Gasteiger charge is -2.04. The molecule has 0 bridgehead atoms. The topological polar surface area (TPSA) is 145 Å². The van der Waals surface area contributed by atoms with Crippen molar-refractivity contribution in [2.75, 3.05) is 18.0 Å². The van der Waals surface area contributed by atoms with E-state index in [0.717, 1.165) is 28.2 Å². The maximum Gasteiger partial charge on any atom is 0.259 e. The number of H-pyrrole nitrogens is 1. The molecule has 1 aliphatic heterocycles. The van der Waals surface area contributed by atoms with E-state index in [1.54, 1.807) is 18.3 Å². The number of amides is 2. The third-order valence-electron chi connectivity index (χ3n) is 5.68. The molecule has 31 heavy (non-hydrogen) atoms. The van der Waals surface area contributed by atoms with E-state index in [1.165, 1.54) is 0 Å². The van der Waals surface area contributed by atoms with Crippen LogP contribution in [0.1, 0.15) is 17.5 Å². The molecule has 0 aliphatic carbocycles. The van der Waals surface area contributed by atoms with Crippen molar-refractivity contribution < 1.29 is 9.59 Å². The minimum absolute atomic E-state index is 0.321. The zero-order valence-electron chi connectivity index (χ0n) is 16.7. The fourth-order valence-electron chi connectivity index (χ4n) is 4.27. The number of aryl methyl sites for hydroxylation is 1. The lowest BCUT2D eigenvalue weighted by Crippen LogP contribution is -2.22. The predicted molar refractivity (Wildman–Crippen MR) is 123 cm³/mol.